The minimum Gasteiger partial charge on any atom is -0.459 e. The first-order valence-electron chi connectivity index (χ1n) is 6.85. The Balaban J connectivity index is 1.75. The summed E-state index contributed by atoms with van der Waals surface area (Å²) < 4.78 is 12.6. The van der Waals surface area contributed by atoms with E-state index in [-0.39, 0.29) is 6.54 Å². The molecule has 9 heteroatoms. The maximum absolute atomic E-state index is 11.1. The molecule has 3 aromatic rings. The first kappa shape index (κ1) is 15.3. The fraction of sp³-hybridized carbons (Fsp3) is 0.286. The van der Waals surface area contributed by atoms with E-state index in [0.29, 0.717) is 34.1 Å². The second-order valence-electron chi connectivity index (χ2n) is 4.87. The van der Waals surface area contributed by atoms with Gasteiger partial charge in [-0.3, -0.25) is 9.36 Å². The number of hydrogen-bond donors (Lipinski definition) is 1. The van der Waals surface area contributed by atoms with E-state index in [1.54, 1.807) is 29.9 Å². The molecule has 0 saturated heterocycles. The number of aryl methyl sites for hydroxylation is 2. The lowest BCUT2D eigenvalue weighted by atomic mass is 10.4. The molecule has 0 spiro atoms. The third-order valence-corrected chi connectivity index (χ3v) is 4.16. The van der Waals surface area contributed by atoms with Crippen LogP contribution in [0.25, 0.3) is 11.7 Å². The molecule has 120 valence electrons. The number of rotatable bonds is 6. The molecule has 0 radical (unpaired) electrons. The minimum absolute atomic E-state index is 0.0522. The van der Waals surface area contributed by atoms with Gasteiger partial charge in [-0.25, -0.2) is 4.98 Å². The summed E-state index contributed by atoms with van der Waals surface area (Å²) >= 11 is 1.42. The largest absolute Gasteiger partial charge is 0.459 e. The van der Waals surface area contributed by atoms with Crippen LogP contribution in [0.2, 0.25) is 0 Å². The van der Waals surface area contributed by atoms with Crippen molar-refractivity contribution in [1.82, 2.24) is 19.7 Å². The highest BCUT2D eigenvalue weighted by Gasteiger charge is 2.16. The van der Waals surface area contributed by atoms with Crippen LogP contribution in [0.15, 0.2) is 32.4 Å². The average molecular weight is 333 g/mol. The highest BCUT2D eigenvalue weighted by atomic mass is 32.2. The third-order valence-electron chi connectivity index (χ3n) is 3.18. The molecule has 3 aromatic heterocycles. The van der Waals surface area contributed by atoms with Gasteiger partial charge in [0.2, 0.25) is 5.91 Å². The molecule has 0 atom stereocenters. The van der Waals surface area contributed by atoms with E-state index in [4.69, 9.17) is 14.6 Å². The summed E-state index contributed by atoms with van der Waals surface area (Å²) in [6.07, 6.45) is 1.57. The van der Waals surface area contributed by atoms with Crippen molar-refractivity contribution in [3.63, 3.8) is 0 Å². The molecule has 0 aliphatic heterocycles. The zero-order valence-electron chi connectivity index (χ0n) is 12.6. The standard InChI is InChI=1S/C14H15N5O3S/c1-8-10(16-13(22-8)11-4-3-5-21-11)7-23-14-18-17-9(2)19(14)6-12(15)20/h3-5H,6-7H2,1-2H3,(H2,15,20). The molecule has 0 bridgehead atoms. The van der Waals surface area contributed by atoms with E-state index >= 15 is 0 Å². The smallest absolute Gasteiger partial charge is 0.263 e. The number of thioether (sulfide) groups is 1. The van der Waals surface area contributed by atoms with Gasteiger partial charge >= 0.3 is 0 Å². The highest BCUT2D eigenvalue weighted by Crippen LogP contribution is 2.27. The first-order valence-corrected chi connectivity index (χ1v) is 7.84. The fourth-order valence-electron chi connectivity index (χ4n) is 2.01. The normalized spacial score (nSPS) is 11.0. The van der Waals surface area contributed by atoms with E-state index in [2.05, 4.69) is 15.2 Å². The van der Waals surface area contributed by atoms with Crippen LogP contribution in [0.1, 0.15) is 17.3 Å². The number of carbonyl (C=O) groups is 1. The molecule has 0 unspecified atom stereocenters. The number of aromatic nitrogens is 4. The van der Waals surface area contributed by atoms with Gasteiger partial charge in [0.15, 0.2) is 10.9 Å². The Morgan fingerprint density at radius 1 is 1.39 bits per heavy atom. The predicted molar refractivity (Wildman–Crippen MR) is 82.5 cm³/mol. The zero-order valence-corrected chi connectivity index (χ0v) is 13.5. The number of hydrogen-bond acceptors (Lipinski definition) is 7. The van der Waals surface area contributed by atoms with Crippen molar-refractivity contribution in [2.24, 2.45) is 5.73 Å². The molecule has 23 heavy (non-hydrogen) atoms. The van der Waals surface area contributed by atoms with Gasteiger partial charge in [-0.2, -0.15) is 0 Å². The fourth-order valence-corrected chi connectivity index (χ4v) is 2.99. The monoisotopic (exact) mass is 333 g/mol. The number of oxazole rings is 1. The lowest BCUT2D eigenvalue weighted by Gasteiger charge is -2.04. The van der Waals surface area contributed by atoms with Crippen molar-refractivity contribution >= 4 is 17.7 Å². The molecule has 0 fully saturated rings. The van der Waals surface area contributed by atoms with E-state index in [0.717, 1.165) is 5.69 Å². The van der Waals surface area contributed by atoms with Gasteiger partial charge in [0.1, 0.15) is 18.1 Å². The molecule has 0 aliphatic carbocycles. The maximum atomic E-state index is 11.1. The Bertz CT molecular complexity index is 822. The average Bonchev–Trinajstić information content (AvgIpc) is 3.20. The van der Waals surface area contributed by atoms with Crippen LogP contribution in [0, 0.1) is 13.8 Å². The third kappa shape index (κ3) is 3.29. The van der Waals surface area contributed by atoms with Crippen molar-refractivity contribution in [3.05, 3.63) is 35.7 Å². The molecular weight excluding hydrogens is 318 g/mol. The van der Waals surface area contributed by atoms with Crippen molar-refractivity contribution in [2.45, 2.75) is 31.3 Å². The number of amides is 1. The summed E-state index contributed by atoms with van der Waals surface area (Å²) in [5.41, 5.74) is 6.03. The van der Waals surface area contributed by atoms with Crippen LogP contribution >= 0.6 is 11.8 Å². The van der Waals surface area contributed by atoms with E-state index in [1.165, 1.54) is 11.8 Å². The Morgan fingerprint density at radius 3 is 2.91 bits per heavy atom. The van der Waals surface area contributed by atoms with Gasteiger partial charge < -0.3 is 14.6 Å². The molecule has 0 aromatic carbocycles. The molecule has 8 nitrogen and oxygen atoms in total. The molecular formula is C14H15N5O3S. The van der Waals surface area contributed by atoms with E-state index in [9.17, 15) is 4.79 Å². The summed E-state index contributed by atoms with van der Waals surface area (Å²) in [5.74, 6) is 2.47. The molecule has 0 saturated carbocycles. The second kappa shape index (κ2) is 6.29. The van der Waals surface area contributed by atoms with Crippen LogP contribution in [-0.4, -0.2) is 25.7 Å². The second-order valence-corrected chi connectivity index (χ2v) is 5.81. The van der Waals surface area contributed by atoms with Crippen LogP contribution in [-0.2, 0) is 17.1 Å². The van der Waals surface area contributed by atoms with Crippen LogP contribution in [0.5, 0.6) is 0 Å². The number of nitrogens with zero attached hydrogens (tertiary/aromatic N) is 4. The topological polar surface area (TPSA) is 113 Å². The summed E-state index contributed by atoms with van der Waals surface area (Å²) in [7, 11) is 0. The maximum Gasteiger partial charge on any atom is 0.263 e. The van der Waals surface area contributed by atoms with Crippen molar-refractivity contribution in [3.8, 4) is 11.7 Å². The van der Waals surface area contributed by atoms with Crippen LogP contribution in [0.4, 0.5) is 0 Å². The molecule has 3 rings (SSSR count). The van der Waals surface area contributed by atoms with Crippen molar-refractivity contribution < 1.29 is 13.6 Å². The Labute approximate surface area is 136 Å². The highest BCUT2D eigenvalue weighted by molar-refractivity contribution is 7.98. The number of nitrogens with two attached hydrogens (primary N) is 1. The Kier molecular flexibility index (Phi) is 4.20. The quantitative estimate of drug-likeness (QED) is 0.685. The number of primary amides is 1. The van der Waals surface area contributed by atoms with E-state index < -0.39 is 5.91 Å². The molecule has 3 heterocycles. The van der Waals surface area contributed by atoms with E-state index in [1.807, 2.05) is 6.92 Å². The first-order chi connectivity index (χ1) is 11.0. The van der Waals surface area contributed by atoms with Crippen LogP contribution in [0.3, 0.4) is 0 Å². The summed E-state index contributed by atoms with van der Waals surface area (Å²) in [6, 6.07) is 3.56. The minimum atomic E-state index is -0.438. The number of carbonyl (C=O) groups excluding carboxylic acids is 1. The molecule has 2 N–H and O–H groups in total. The van der Waals surface area contributed by atoms with Crippen LogP contribution < -0.4 is 5.73 Å². The Hall–Kier alpha value is -2.55. The van der Waals surface area contributed by atoms with Crippen molar-refractivity contribution in [2.75, 3.05) is 0 Å². The van der Waals surface area contributed by atoms with Gasteiger partial charge in [0, 0.05) is 5.75 Å². The zero-order chi connectivity index (χ0) is 16.4. The molecule has 0 aliphatic rings. The Morgan fingerprint density at radius 2 is 2.22 bits per heavy atom. The lowest BCUT2D eigenvalue weighted by Crippen LogP contribution is -2.20. The molecule has 1 amide bonds. The van der Waals surface area contributed by atoms with Crippen molar-refractivity contribution in [1.29, 1.82) is 0 Å². The number of furan rings is 1. The van der Waals surface area contributed by atoms with Gasteiger partial charge in [-0.1, -0.05) is 11.8 Å². The SMILES string of the molecule is Cc1oc(-c2ccco2)nc1CSc1nnc(C)n1CC(N)=O. The van der Waals surface area contributed by atoms with Gasteiger partial charge in [0.25, 0.3) is 5.89 Å². The van der Waals surface area contributed by atoms with Gasteiger partial charge in [-0.05, 0) is 26.0 Å². The van der Waals surface area contributed by atoms with Gasteiger partial charge in [0.05, 0.1) is 12.0 Å². The summed E-state index contributed by atoms with van der Waals surface area (Å²) in [4.78, 5) is 15.6. The lowest BCUT2D eigenvalue weighted by molar-refractivity contribution is -0.118. The predicted octanol–water partition coefficient (Wildman–Crippen LogP) is 1.92. The summed E-state index contributed by atoms with van der Waals surface area (Å²) in [6.45, 7) is 3.67. The summed E-state index contributed by atoms with van der Waals surface area (Å²) in [5, 5.41) is 8.65. The van der Waals surface area contributed by atoms with Gasteiger partial charge in [-0.15, -0.1) is 10.2 Å².